The van der Waals surface area contributed by atoms with Crippen molar-refractivity contribution in [3.05, 3.63) is 28.2 Å². The van der Waals surface area contributed by atoms with E-state index in [1.54, 1.807) is 25.1 Å². The van der Waals surface area contributed by atoms with Crippen LogP contribution in [0.3, 0.4) is 0 Å². The van der Waals surface area contributed by atoms with Gasteiger partial charge in [-0.2, -0.15) is 0 Å². The molecule has 1 amide bonds. The molecular formula is C14H19Cl2N2O2+. The van der Waals surface area contributed by atoms with E-state index in [1.165, 1.54) is 4.90 Å². The molecule has 4 nitrogen and oxygen atoms in total. The zero-order valence-electron chi connectivity index (χ0n) is 11.7. The molecule has 0 radical (unpaired) electrons. The number of piperazine rings is 1. The Hall–Kier alpha value is -0.970. The maximum absolute atomic E-state index is 12.3. The molecule has 1 aromatic rings. The number of amides is 1. The largest absolute Gasteiger partial charge is 0.479 e. The van der Waals surface area contributed by atoms with Gasteiger partial charge in [0.2, 0.25) is 0 Å². The minimum Gasteiger partial charge on any atom is -0.479 e. The third kappa shape index (κ3) is 3.78. The van der Waals surface area contributed by atoms with Crippen LogP contribution in [-0.4, -0.2) is 50.1 Å². The van der Waals surface area contributed by atoms with Gasteiger partial charge in [-0.1, -0.05) is 23.2 Å². The minimum atomic E-state index is -0.549. The monoisotopic (exact) mass is 317 g/mol. The number of nitrogens with one attached hydrogen (secondary N) is 1. The highest BCUT2D eigenvalue weighted by Gasteiger charge is 2.26. The van der Waals surface area contributed by atoms with Crippen LogP contribution in [0.25, 0.3) is 0 Å². The van der Waals surface area contributed by atoms with Crippen molar-refractivity contribution >= 4 is 29.1 Å². The number of hydrogen-bond donors (Lipinski definition) is 1. The van der Waals surface area contributed by atoms with Gasteiger partial charge in [0.25, 0.3) is 5.91 Å². The maximum Gasteiger partial charge on any atom is 0.263 e. The topological polar surface area (TPSA) is 34.0 Å². The average molecular weight is 318 g/mol. The number of rotatable bonds is 3. The Balaban J connectivity index is 1.97. The fourth-order valence-electron chi connectivity index (χ4n) is 2.18. The molecule has 1 unspecified atom stereocenters. The van der Waals surface area contributed by atoms with Crippen molar-refractivity contribution in [3.63, 3.8) is 0 Å². The first-order chi connectivity index (χ1) is 9.47. The molecule has 1 aromatic carbocycles. The number of quaternary nitrogens is 1. The standard InChI is InChI=1S/C14H18Cl2N2O2/c1-10(14(19)18-7-5-17(2)6-8-18)20-13-4-3-11(15)9-12(13)16/h3-4,9-10H,5-8H2,1-2H3/p+1. The van der Waals surface area contributed by atoms with Gasteiger partial charge in [0.1, 0.15) is 5.75 Å². The van der Waals surface area contributed by atoms with Crippen molar-refractivity contribution < 1.29 is 14.4 Å². The van der Waals surface area contributed by atoms with Crippen molar-refractivity contribution in [3.8, 4) is 5.75 Å². The lowest BCUT2D eigenvalue weighted by Gasteiger charge is -2.31. The second kappa shape index (κ2) is 6.66. The van der Waals surface area contributed by atoms with Crippen molar-refractivity contribution in [1.29, 1.82) is 0 Å². The molecule has 0 spiro atoms. The van der Waals surface area contributed by atoms with Crippen LogP contribution in [0.1, 0.15) is 6.92 Å². The number of benzene rings is 1. The normalized spacial score (nSPS) is 17.9. The zero-order valence-corrected chi connectivity index (χ0v) is 13.2. The molecule has 1 N–H and O–H groups in total. The molecular weight excluding hydrogens is 299 g/mol. The Morgan fingerprint density at radius 1 is 1.35 bits per heavy atom. The highest BCUT2D eigenvalue weighted by molar-refractivity contribution is 6.35. The van der Waals surface area contributed by atoms with E-state index in [-0.39, 0.29) is 5.91 Å². The molecule has 20 heavy (non-hydrogen) atoms. The Kier molecular flexibility index (Phi) is 5.13. The molecule has 1 saturated heterocycles. The summed E-state index contributed by atoms with van der Waals surface area (Å²) in [6.07, 6.45) is -0.549. The summed E-state index contributed by atoms with van der Waals surface area (Å²) in [6, 6.07) is 4.98. The molecule has 1 heterocycles. The summed E-state index contributed by atoms with van der Waals surface area (Å²) in [5.74, 6) is 0.486. The molecule has 0 aliphatic carbocycles. The molecule has 0 saturated carbocycles. The van der Waals surface area contributed by atoms with E-state index in [0.29, 0.717) is 15.8 Å². The van der Waals surface area contributed by atoms with E-state index < -0.39 is 6.10 Å². The van der Waals surface area contributed by atoms with Crippen molar-refractivity contribution in [1.82, 2.24) is 4.90 Å². The summed E-state index contributed by atoms with van der Waals surface area (Å²) < 4.78 is 5.65. The van der Waals surface area contributed by atoms with Crippen LogP contribution in [0.4, 0.5) is 0 Å². The maximum atomic E-state index is 12.3. The van der Waals surface area contributed by atoms with Gasteiger partial charge in [0.05, 0.1) is 38.2 Å². The number of likely N-dealkylation sites (N-methyl/N-ethyl adjacent to an activating group) is 1. The fraction of sp³-hybridized carbons (Fsp3) is 0.500. The van der Waals surface area contributed by atoms with Gasteiger partial charge in [-0.25, -0.2) is 0 Å². The van der Waals surface area contributed by atoms with Crippen molar-refractivity contribution in [2.24, 2.45) is 0 Å². The van der Waals surface area contributed by atoms with E-state index in [9.17, 15) is 4.79 Å². The first-order valence-electron chi connectivity index (χ1n) is 6.69. The van der Waals surface area contributed by atoms with Crippen molar-refractivity contribution in [2.45, 2.75) is 13.0 Å². The molecule has 1 aliphatic heterocycles. The number of halogens is 2. The van der Waals surface area contributed by atoms with Gasteiger partial charge in [0, 0.05) is 5.02 Å². The summed E-state index contributed by atoms with van der Waals surface area (Å²) in [6.45, 7) is 5.23. The van der Waals surface area contributed by atoms with Crippen LogP contribution in [-0.2, 0) is 4.79 Å². The van der Waals surface area contributed by atoms with Gasteiger partial charge < -0.3 is 14.5 Å². The summed E-state index contributed by atoms with van der Waals surface area (Å²) in [5.41, 5.74) is 0. The molecule has 0 bridgehead atoms. The summed E-state index contributed by atoms with van der Waals surface area (Å²) in [4.78, 5) is 15.6. The van der Waals surface area contributed by atoms with Crippen LogP contribution in [0.15, 0.2) is 18.2 Å². The Bertz CT molecular complexity index is 488. The van der Waals surface area contributed by atoms with Gasteiger partial charge in [0.15, 0.2) is 6.10 Å². The summed E-state index contributed by atoms with van der Waals surface area (Å²) in [5, 5.41) is 0.961. The second-order valence-electron chi connectivity index (χ2n) is 5.12. The van der Waals surface area contributed by atoms with Crippen LogP contribution < -0.4 is 9.64 Å². The van der Waals surface area contributed by atoms with Gasteiger partial charge >= 0.3 is 0 Å². The first kappa shape index (κ1) is 15.4. The predicted octanol–water partition coefficient (Wildman–Crippen LogP) is 1.12. The number of hydrogen-bond acceptors (Lipinski definition) is 2. The molecule has 110 valence electrons. The second-order valence-corrected chi connectivity index (χ2v) is 5.96. The lowest BCUT2D eigenvalue weighted by Crippen LogP contribution is -3.12. The van der Waals surface area contributed by atoms with Crippen LogP contribution in [0.5, 0.6) is 5.75 Å². The highest BCUT2D eigenvalue weighted by atomic mass is 35.5. The summed E-state index contributed by atoms with van der Waals surface area (Å²) in [7, 11) is 2.13. The summed E-state index contributed by atoms with van der Waals surface area (Å²) >= 11 is 11.9. The number of carbonyl (C=O) groups excluding carboxylic acids is 1. The van der Waals surface area contributed by atoms with Crippen LogP contribution in [0, 0.1) is 0 Å². The molecule has 0 aromatic heterocycles. The molecule has 6 heteroatoms. The highest BCUT2D eigenvalue weighted by Crippen LogP contribution is 2.28. The smallest absolute Gasteiger partial charge is 0.263 e. The number of carbonyl (C=O) groups is 1. The van der Waals surface area contributed by atoms with Crippen LogP contribution >= 0.6 is 23.2 Å². The van der Waals surface area contributed by atoms with Gasteiger partial charge in [-0.05, 0) is 25.1 Å². The first-order valence-corrected chi connectivity index (χ1v) is 7.45. The van der Waals surface area contributed by atoms with E-state index in [4.69, 9.17) is 27.9 Å². The molecule has 2 rings (SSSR count). The third-order valence-electron chi connectivity index (χ3n) is 3.47. The number of nitrogens with zero attached hydrogens (tertiary/aromatic N) is 1. The van der Waals surface area contributed by atoms with Gasteiger partial charge in [-0.15, -0.1) is 0 Å². The van der Waals surface area contributed by atoms with E-state index >= 15 is 0 Å². The van der Waals surface area contributed by atoms with Gasteiger partial charge in [-0.3, -0.25) is 4.79 Å². The number of ether oxygens (including phenoxy) is 1. The Morgan fingerprint density at radius 3 is 2.60 bits per heavy atom. The van der Waals surface area contributed by atoms with Crippen LogP contribution in [0.2, 0.25) is 10.0 Å². The van der Waals surface area contributed by atoms with E-state index in [2.05, 4.69) is 7.05 Å². The molecule has 1 fully saturated rings. The van der Waals surface area contributed by atoms with E-state index in [1.807, 2.05) is 4.90 Å². The van der Waals surface area contributed by atoms with E-state index in [0.717, 1.165) is 26.2 Å². The minimum absolute atomic E-state index is 0.00326. The predicted molar refractivity (Wildman–Crippen MR) is 79.8 cm³/mol. The lowest BCUT2D eigenvalue weighted by atomic mass is 10.2. The zero-order chi connectivity index (χ0) is 14.7. The third-order valence-corrected chi connectivity index (χ3v) is 4.00. The lowest BCUT2D eigenvalue weighted by molar-refractivity contribution is -0.883. The average Bonchev–Trinajstić information content (AvgIpc) is 2.42. The SMILES string of the molecule is CC(Oc1ccc(Cl)cc1Cl)C(=O)N1CC[NH+](C)CC1. The Labute approximate surface area is 129 Å². The fourth-order valence-corrected chi connectivity index (χ4v) is 2.63. The molecule has 1 aliphatic rings. The Morgan fingerprint density at radius 2 is 2.00 bits per heavy atom. The quantitative estimate of drug-likeness (QED) is 0.906. The van der Waals surface area contributed by atoms with Crippen molar-refractivity contribution in [2.75, 3.05) is 33.2 Å². The molecule has 1 atom stereocenters.